The molecule has 180 valence electrons. The Labute approximate surface area is 192 Å². The molecule has 1 aliphatic carbocycles. The third-order valence-corrected chi connectivity index (χ3v) is 5.64. The number of nitrogens with one attached hydrogen (secondary N) is 1. The van der Waals surface area contributed by atoms with E-state index in [9.17, 15) is 8.78 Å². The highest BCUT2D eigenvalue weighted by molar-refractivity contribution is 5.89. The lowest BCUT2D eigenvalue weighted by molar-refractivity contribution is -0.0233. The Kier molecular flexibility index (Phi) is 5.63. The molecule has 1 aliphatic rings. The third-order valence-electron chi connectivity index (χ3n) is 5.64. The van der Waals surface area contributed by atoms with Crippen LogP contribution < -0.4 is 10.4 Å². The highest BCUT2D eigenvalue weighted by atomic mass is 19.3. The number of benzene rings is 1. The molecule has 1 aromatic carbocycles. The van der Waals surface area contributed by atoms with Gasteiger partial charge in [0.05, 0.1) is 51.1 Å². The monoisotopic (exact) mass is 478 g/mol. The molecule has 34 heavy (non-hydrogen) atoms. The Balaban J connectivity index is 1.58. The quantitative estimate of drug-likeness (QED) is 0.400. The molecule has 0 spiro atoms. The van der Waals surface area contributed by atoms with Gasteiger partial charge in [0.1, 0.15) is 17.6 Å². The second kappa shape index (κ2) is 9.06. The molecule has 1 saturated carbocycles. The van der Waals surface area contributed by atoms with Crippen LogP contribution in [0.3, 0.4) is 0 Å². The number of H-pyrrole nitrogens is 1. The number of halogens is 3. The molecule has 0 unspecified atom stereocenters. The molecule has 0 aliphatic heterocycles. The van der Waals surface area contributed by atoms with E-state index in [0.29, 0.717) is 29.4 Å². The summed E-state index contributed by atoms with van der Waals surface area (Å²) in [4.78, 5) is 8.85. The Morgan fingerprint density at radius 3 is 2.94 bits per heavy atom. The van der Waals surface area contributed by atoms with Crippen LogP contribution in [0.5, 0.6) is 5.88 Å². The Hall–Kier alpha value is -3.45. The molecule has 4 aromatic rings. The number of nitrogens with zero attached hydrogens (tertiary/aromatic N) is 6. The summed E-state index contributed by atoms with van der Waals surface area (Å²) in [6.07, 6.45) is -1.80. The maximum atomic E-state index is 15.4. The summed E-state index contributed by atoms with van der Waals surface area (Å²) in [6, 6.07) is 4.53. The van der Waals surface area contributed by atoms with Crippen LogP contribution in [0.4, 0.5) is 13.2 Å². The molecular weight excluding hydrogens is 455 g/mol. The van der Waals surface area contributed by atoms with Crippen molar-refractivity contribution in [2.45, 2.75) is 38.0 Å². The third kappa shape index (κ3) is 4.12. The molecule has 3 heterocycles. The van der Waals surface area contributed by atoms with Crippen molar-refractivity contribution in [2.75, 3.05) is 20.3 Å². The lowest BCUT2D eigenvalue weighted by Gasteiger charge is -2.31. The summed E-state index contributed by atoms with van der Waals surface area (Å²) >= 11 is 0. The van der Waals surface area contributed by atoms with Gasteiger partial charge in [-0.2, -0.15) is 4.98 Å². The molecule has 0 saturated heterocycles. The van der Waals surface area contributed by atoms with Gasteiger partial charge in [-0.1, -0.05) is 11.3 Å². The molecule has 0 amide bonds. The first-order valence-electron chi connectivity index (χ1n) is 11.1. The topological polar surface area (TPSA) is 115 Å². The van der Waals surface area contributed by atoms with Crippen LogP contribution >= 0.6 is 0 Å². The summed E-state index contributed by atoms with van der Waals surface area (Å²) in [5.74, 6) is -0.798. The van der Waals surface area contributed by atoms with Gasteiger partial charge >= 0.3 is 0 Å². The predicted molar refractivity (Wildman–Crippen MR) is 114 cm³/mol. The minimum atomic E-state index is -2.64. The second-order valence-electron chi connectivity index (χ2n) is 7.88. The van der Waals surface area contributed by atoms with Crippen LogP contribution in [-0.2, 0) is 11.3 Å². The maximum absolute atomic E-state index is 15.4. The predicted octanol–water partition coefficient (Wildman–Crippen LogP) is 1.93. The van der Waals surface area contributed by atoms with Crippen LogP contribution in [0.15, 0.2) is 29.4 Å². The van der Waals surface area contributed by atoms with Gasteiger partial charge in [-0.3, -0.25) is 9.61 Å². The first-order valence-corrected chi connectivity index (χ1v) is 10.6. The molecule has 10 nitrogen and oxygen atoms in total. The van der Waals surface area contributed by atoms with Crippen molar-refractivity contribution in [3.05, 3.63) is 35.8 Å². The zero-order valence-corrected chi connectivity index (χ0v) is 18.1. The minimum absolute atomic E-state index is 0.00630. The van der Waals surface area contributed by atoms with Gasteiger partial charge in [0.2, 0.25) is 11.5 Å². The van der Waals surface area contributed by atoms with Gasteiger partial charge in [-0.15, -0.1) is 5.10 Å². The van der Waals surface area contributed by atoms with Crippen molar-refractivity contribution in [2.24, 2.45) is 4.99 Å². The standard InChI is InChI=1S/C21H22F3N7O3/c1-33-20-19-18(11-2-3-15-16(6-11)30(29-27-15)10-17(23)24)14(22)9-31(19)28-21(26-20)25-12-7-13(8-12)34-5-4-32/h2-3,6,9,12-13,17,32H,4-5,7-8,10H2,1H3,(H,25,28)/i9D. The first kappa shape index (κ1) is 21.1. The van der Waals surface area contributed by atoms with Crippen molar-refractivity contribution in [3.63, 3.8) is 0 Å². The van der Waals surface area contributed by atoms with E-state index in [4.69, 9.17) is 16.0 Å². The highest BCUT2D eigenvalue weighted by Gasteiger charge is 2.29. The number of alkyl halides is 2. The summed E-state index contributed by atoms with van der Waals surface area (Å²) < 4.78 is 62.6. The molecule has 0 atom stereocenters. The number of hydrogen-bond acceptors (Lipinski definition) is 7. The van der Waals surface area contributed by atoms with Crippen molar-refractivity contribution >= 4 is 16.6 Å². The largest absolute Gasteiger partial charge is 0.479 e. The Morgan fingerprint density at radius 2 is 2.21 bits per heavy atom. The van der Waals surface area contributed by atoms with Crippen molar-refractivity contribution in [1.82, 2.24) is 29.6 Å². The normalized spacial score (nSPS) is 19.2. The van der Waals surface area contributed by atoms with Crippen LogP contribution in [0, 0.1) is 5.82 Å². The van der Waals surface area contributed by atoms with Crippen molar-refractivity contribution in [3.8, 4) is 17.0 Å². The highest BCUT2D eigenvalue weighted by Crippen LogP contribution is 2.34. The number of aliphatic hydroxyl groups excluding tert-OH is 1. The van der Waals surface area contributed by atoms with Crippen LogP contribution in [0.25, 0.3) is 27.7 Å². The summed E-state index contributed by atoms with van der Waals surface area (Å²) in [5.41, 5.74) is 1.35. The molecule has 5 rings (SSSR count). The van der Waals surface area contributed by atoms with E-state index in [2.05, 4.69) is 25.4 Å². The lowest BCUT2D eigenvalue weighted by atomic mass is 9.90. The van der Waals surface area contributed by atoms with Crippen molar-refractivity contribution in [1.29, 1.82) is 0 Å². The number of aromatic amines is 1. The number of methoxy groups -OCH3 is 1. The van der Waals surface area contributed by atoms with E-state index >= 15 is 4.39 Å². The fourth-order valence-electron chi connectivity index (χ4n) is 4.01. The molecular formula is C21H22F3N7O3. The molecule has 1 fully saturated rings. The molecule has 13 heteroatoms. The van der Waals surface area contributed by atoms with Crippen molar-refractivity contribution < 1.29 is 29.1 Å². The molecule has 3 aromatic heterocycles. The van der Waals surface area contributed by atoms with Crippen LogP contribution in [0.2, 0.25) is 0 Å². The van der Waals surface area contributed by atoms with E-state index in [1.54, 1.807) is 12.1 Å². The fourth-order valence-corrected chi connectivity index (χ4v) is 4.01. The van der Waals surface area contributed by atoms with E-state index in [0.717, 1.165) is 4.68 Å². The summed E-state index contributed by atoms with van der Waals surface area (Å²) in [7, 11) is 1.37. The van der Waals surface area contributed by atoms with Crippen LogP contribution in [-0.4, -0.2) is 73.6 Å². The second-order valence-corrected chi connectivity index (χ2v) is 7.88. The van der Waals surface area contributed by atoms with E-state index < -0.39 is 25.0 Å². The summed E-state index contributed by atoms with van der Waals surface area (Å²) in [6.45, 7) is -0.438. The smallest absolute Gasteiger partial charge is 0.258 e. The van der Waals surface area contributed by atoms with Gasteiger partial charge in [0.25, 0.3) is 6.43 Å². The number of aliphatic hydroxyl groups is 1. The van der Waals surface area contributed by atoms with Gasteiger partial charge in [-0.25, -0.2) is 22.8 Å². The van der Waals surface area contributed by atoms with E-state index in [-0.39, 0.29) is 47.9 Å². The average molecular weight is 478 g/mol. The fraction of sp³-hybridized carbons (Fsp3) is 0.429. The zero-order chi connectivity index (χ0) is 24.7. The number of ether oxygens (including phenoxy) is 2. The number of hydrogen-bond donors (Lipinski definition) is 2. The molecule has 0 bridgehead atoms. The number of aromatic nitrogens is 6. The number of fused-ring (bicyclic) bond motifs is 2. The summed E-state index contributed by atoms with van der Waals surface area (Å²) in [5, 5.41) is 19.3. The first-order chi connectivity index (χ1) is 16.9. The average Bonchev–Trinajstić information content (AvgIpc) is 3.32. The Morgan fingerprint density at radius 1 is 1.38 bits per heavy atom. The van der Waals surface area contributed by atoms with Gasteiger partial charge in [-0.05, 0) is 30.5 Å². The Bertz CT molecular complexity index is 1450. The van der Waals surface area contributed by atoms with Gasteiger partial charge in [0.15, 0.2) is 5.82 Å². The molecule has 2 N–H and O–H groups in total. The number of rotatable bonds is 8. The van der Waals surface area contributed by atoms with E-state index in [1.807, 2.05) is 0 Å². The minimum Gasteiger partial charge on any atom is -0.479 e. The molecule has 0 radical (unpaired) electrons. The van der Waals surface area contributed by atoms with Gasteiger partial charge < -0.3 is 14.6 Å². The maximum Gasteiger partial charge on any atom is 0.258 e. The lowest BCUT2D eigenvalue weighted by Crippen LogP contribution is -2.37. The van der Waals surface area contributed by atoms with Gasteiger partial charge in [0, 0.05) is 0 Å². The SMILES string of the molecule is [2H]c1c(F)c(-c2ccc3nnn(CC(F)F)c3c2)c2c(OC)nc(=NC3CC(OCCO)C3)[nH]n12. The van der Waals surface area contributed by atoms with E-state index in [1.165, 1.54) is 17.7 Å². The van der Waals surface area contributed by atoms with Crippen LogP contribution in [0.1, 0.15) is 14.2 Å². The zero-order valence-electron chi connectivity index (χ0n) is 19.1.